The Kier molecular flexibility index (Phi) is 4.20. The summed E-state index contributed by atoms with van der Waals surface area (Å²) in [5, 5.41) is 12.0. The summed E-state index contributed by atoms with van der Waals surface area (Å²) in [5.41, 5.74) is 2.69. The van der Waals surface area contributed by atoms with Gasteiger partial charge in [0.2, 0.25) is 5.13 Å². The molecule has 1 aromatic carbocycles. The molecule has 1 N–H and O–H groups in total. The number of amides is 1. The highest BCUT2D eigenvalue weighted by molar-refractivity contribution is 7.18. The van der Waals surface area contributed by atoms with Crippen LogP contribution in [0, 0.1) is 0 Å². The summed E-state index contributed by atoms with van der Waals surface area (Å²) in [6, 6.07) is 11.3. The summed E-state index contributed by atoms with van der Waals surface area (Å²) in [6.07, 6.45) is 4.37. The van der Waals surface area contributed by atoms with Gasteiger partial charge in [-0.3, -0.25) is 15.1 Å². The summed E-state index contributed by atoms with van der Waals surface area (Å²) >= 11 is 1.32. The number of nitrogens with zero attached hydrogens (tertiary/aromatic N) is 3. The molecule has 0 aliphatic heterocycles. The number of carbonyl (C=O) groups is 1. The van der Waals surface area contributed by atoms with Gasteiger partial charge in [0.15, 0.2) is 5.01 Å². The first-order valence-electron chi connectivity index (χ1n) is 6.90. The average molecular weight is 310 g/mol. The molecule has 0 saturated carbocycles. The van der Waals surface area contributed by atoms with Gasteiger partial charge in [0.1, 0.15) is 0 Å². The molecule has 0 saturated heterocycles. The van der Waals surface area contributed by atoms with Crippen LogP contribution in [0.25, 0.3) is 10.6 Å². The van der Waals surface area contributed by atoms with Crippen LogP contribution in [0.4, 0.5) is 5.13 Å². The van der Waals surface area contributed by atoms with Crippen molar-refractivity contribution < 1.29 is 4.79 Å². The van der Waals surface area contributed by atoms with Gasteiger partial charge in [0, 0.05) is 23.5 Å². The number of hydrogen-bond acceptors (Lipinski definition) is 5. The highest BCUT2D eigenvalue weighted by Crippen LogP contribution is 2.25. The molecule has 5 nitrogen and oxygen atoms in total. The number of aromatic nitrogens is 3. The molecule has 2 heterocycles. The van der Waals surface area contributed by atoms with E-state index in [1.165, 1.54) is 16.9 Å². The molecule has 22 heavy (non-hydrogen) atoms. The quantitative estimate of drug-likeness (QED) is 0.802. The molecule has 0 radical (unpaired) electrons. The maximum Gasteiger partial charge on any atom is 0.257 e. The second kappa shape index (κ2) is 6.44. The number of pyridine rings is 1. The standard InChI is InChI=1S/C16H14N4OS/c1-2-11-5-7-12(8-6-11)14(21)18-16-20-19-15(22-16)13-4-3-9-17-10-13/h3-10H,2H2,1H3,(H,18,20,21). The third-order valence-electron chi connectivity index (χ3n) is 3.18. The van der Waals surface area contributed by atoms with Crippen molar-refractivity contribution in [3.05, 3.63) is 59.9 Å². The Morgan fingerprint density at radius 3 is 2.68 bits per heavy atom. The first-order valence-corrected chi connectivity index (χ1v) is 7.72. The molecule has 0 spiro atoms. The lowest BCUT2D eigenvalue weighted by molar-refractivity contribution is 0.102. The lowest BCUT2D eigenvalue weighted by atomic mass is 10.1. The lowest BCUT2D eigenvalue weighted by Crippen LogP contribution is -2.11. The van der Waals surface area contributed by atoms with Crippen LogP contribution in [0.3, 0.4) is 0 Å². The predicted molar refractivity (Wildman–Crippen MR) is 86.9 cm³/mol. The molecule has 0 unspecified atom stereocenters. The van der Waals surface area contributed by atoms with E-state index in [1.807, 2.05) is 36.4 Å². The summed E-state index contributed by atoms with van der Waals surface area (Å²) < 4.78 is 0. The van der Waals surface area contributed by atoms with Crippen molar-refractivity contribution in [1.82, 2.24) is 15.2 Å². The Bertz CT molecular complexity index is 768. The Labute approximate surface area is 132 Å². The molecule has 0 aliphatic rings. The summed E-state index contributed by atoms with van der Waals surface area (Å²) in [6.45, 7) is 2.08. The van der Waals surface area contributed by atoms with E-state index >= 15 is 0 Å². The number of carbonyl (C=O) groups excluding carboxylic acids is 1. The van der Waals surface area contributed by atoms with Gasteiger partial charge in [-0.05, 0) is 36.2 Å². The molecule has 6 heteroatoms. The van der Waals surface area contributed by atoms with Gasteiger partial charge in [0.25, 0.3) is 5.91 Å². The summed E-state index contributed by atoms with van der Waals surface area (Å²) in [5.74, 6) is -0.184. The SMILES string of the molecule is CCc1ccc(C(=O)Nc2nnc(-c3cccnc3)s2)cc1. The van der Waals surface area contributed by atoms with Crippen LogP contribution in [0.1, 0.15) is 22.8 Å². The van der Waals surface area contributed by atoms with Gasteiger partial charge < -0.3 is 0 Å². The Balaban J connectivity index is 1.73. The number of benzene rings is 1. The van der Waals surface area contributed by atoms with E-state index < -0.39 is 0 Å². The molecule has 3 aromatic rings. The molecular formula is C16H14N4OS. The average Bonchev–Trinajstić information content (AvgIpc) is 3.04. The van der Waals surface area contributed by atoms with Crippen molar-refractivity contribution in [2.45, 2.75) is 13.3 Å². The largest absolute Gasteiger partial charge is 0.296 e. The number of hydrogen-bond donors (Lipinski definition) is 1. The topological polar surface area (TPSA) is 67.8 Å². The van der Waals surface area contributed by atoms with Crippen LogP contribution in [-0.4, -0.2) is 21.1 Å². The Hall–Kier alpha value is -2.60. The van der Waals surface area contributed by atoms with Crippen molar-refractivity contribution in [1.29, 1.82) is 0 Å². The van der Waals surface area contributed by atoms with Crippen LogP contribution >= 0.6 is 11.3 Å². The molecular weight excluding hydrogens is 296 g/mol. The zero-order chi connectivity index (χ0) is 15.4. The van der Waals surface area contributed by atoms with Crippen molar-refractivity contribution in [3.8, 4) is 10.6 Å². The van der Waals surface area contributed by atoms with Gasteiger partial charge in [-0.15, -0.1) is 10.2 Å². The molecule has 0 aliphatic carbocycles. The minimum atomic E-state index is -0.184. The second-order valence-electron chi connectivity index (χ2n) is 4.66. The molecule has 1 amide bonds. The highest BCUT2D eigenvalue weighted by Gasteiger charge is 2.11. The minimum absolute atomic E-state index is 0.184. The van der Waals surface area contributed by atoms with Crippen molar-refractivity contribution in [3.63, 3.8) is 0 Å². The molecule has 3 rings (SSSR count). The Morgan fingerprint density at radius 1 is 1.18 bits per heavy atom. The van der Waals surface area contributed by atoms with Gasteiger partial charge in [-0.2, -0.15) is 0 Å². The molecule has 110 valence electrons. The third-order valence-corrected chi connectivity index (χ3v) is 4.07. The maximum absolute atomic E-state index is 12.2. The van der Waals surface area contributed by atoms with E-state index in [-0.39, 0.29) is 5.91 Å². The first kappa shape index (κ1) is 14.3. The lowest BCUT2D eigenvalue weighted by Gasteiger charge is -2.02. The van der Waals surface area contributed by atoms with E-state index in [0.29, 0.717) is 10.7 Å². The number of aryl methyl sites for hydroxylation is 1. The number of rotatable bonds is 4. The molecule has 0 bridgehead atoms. The predicted octanol–water partition coefficient (Wildman–Crippen LogP) is 3.41. The van der Waals surface area contributed by atoms with Crippen molar-refractivity contribution >= 4 is 22.4 Å². The zero-order valence-corrected chi connectivity index (χ0v) is 12.8. The van der Waals surface area contributed by atoms with E-state index in [2.05, 4.69) is 27.4 Å². The fourth-order valence-electron chi connectivity index (χ4n) is 1.94. The van der Waals surface area contributed by atoms with Gasteiger partial charge in [-0.25, -0.2) is 0 Å². The monoisotopic (exact) mass is 310 g/mol. The molecule has 2 aromatic heterocycles. The normalized spacial score (nSPS) is 10.4. The maximum atomic E-state index is 12.2. The van der Waals surface area contributed by atoms with Gasteiger partial charge >= 0.3 is 0 Å². The number of nitrogens with one attached hydrogen (secondary N) is 1. The van der Waals surface area contributed by atoms with Crippen LogP contribution in [0.2, 0.25) is 0 Å². The van der Waals surface area contributed by atoms with Crippen LogP contribution in [-0.2, 0) is 6.42 Å². The van der Waals surface area contributed by atoms with Crippen LogP contribution in [0.15, 0.2) is 48.8 Å². The molecule has 0 fully saturated rings. The van der Waals surface area contributed by atoms with Crippen LogP contribution in [0.5, 0.6) is 0 Å². The summed E-state index contributed by atoms with van der Waals surface area (Å²) in [4.78, 5) is 16.2. The highest BCUT2D eigenvalue weighted by atomic mass is 32.1. The first-order chi connectivity index (χ1) is 10.8. The van der Waals surface area contributed by atoms with E-state index in [1.54, 1.807) is 12.4 Å². The zero-order valence-electron chi connectivity index (χ0n) is 12.0. The minimum Gasteiger partial charge on any atom is -0.296 e. The molecule has 0 atom stereocenters. The van der Waals surface area contributed by atoms with Crippen LogP contribution < -0.4 is 5.32 Å². The van der Waals surface area contributed by atoms with Gasteiger partial charge in [-0.1, -0.05) is 30.4 Å². The fourth-order valence-corrected chi connectivity index (χ4v) is 2.67. The van der Waals surface area contributed by atoms with Gasteiger partial charge in [0.05, 0.1) is 0 Å². The van der Waals surface area contributed by atoms with Crippen molar-refractivity contribution in [2.24, 2.45) is 0 Å². The summed E-state index contributed by atoms with van der Waals surface area (Å²) in [7, 11) is 0. The van der Waals surface area contributed by atoms with E-state index in [9.17, 15) is 4.79 Å². The smallest absolute Gasteiger partial charge is 0.257 e. The Morgan fingerprint density at radius 2 is 2.00 bits per heavy atom. The second-order valence-corrected chi connectivity index (χ2v) is 5.64. The third kappa shape index (κ3) is 3.17. The van der Waals surface area contributed by atoms with E-state index in [4.69, 9.17) is 0 Å². The number of anilines is 1. The fraction of sp³-hybridized carbons (Fsp3) is 0.125. The van der Waals surface area contributed by atoms with E-state index in [0.717, 1.165) is 17.0 Å². The van der Waals surface area contributed by atoms with Crippen molar-refractivity contribution in [2.75, 3.05) is 5.32 Å².